The molecule has 0 spiro atoms. The van der Waals surface area contributed by atoms with Crippen molar-refractivity contribution in [1.82, 2.24) is 5.32 Å². The summed E-state index contributed by atoms with van der Waals surface area (Å²) in [5, 5.41) is 2.85. The lowest BCUT2D eigenvalue weighted by Crippen LogP contribution is -2.37. The Balaban J connectivity index is 2.89. The molecule has 0 aliphatic carbocycles. The summed E-state index contributed by atoms with van der Waals surface area (Å²) in [6, 6.07) is 5.72. The highest BCUT2D eigenvalue weighted by Gasteiger charge is 2.19. The molecule has 0 bridgehead atoms. The number of nitrogens with one attached hydrogen (secondary N) is 1. The van der Waals surface area contributed by atoms with Crippen LogP contribution in [-0.2, 0) is 14.8 Å². The van der Waals surface area contributed by atoms with E-state index in [0.717, 1.165) is 23.8 Å². The number of nitrogens with zero attached hydrogens (tertiary/aromatic N) is 1. The Morgan fingerprint density at radius 1 is 1.23 bits per heavy atom. The van der Waals surface area contributed by atoms with Crippen LogP contribution in [-0.4, -0.2) is 33.2 Å². The molecule has 0 aliphatic rings. The van der Waals surface area contributed by atoms with Gasteiger partial charge in [-0.15, -0.1) is 0 Å². The third kappa shape index (κ3) is 5.67. The summed E-state index contributed by atoms with van der Waals surface area (Å²) in [5.41, 5.74) is 2.59. The third-order valence-electron chi connectivity index (χ3n) is 3.46. The van der Waals surface area contributed by atoms with E-state index in [1.165, 1.54) is 4.31 Å². The summed E-state index contributed by atoms with van der Waals surface area (Å²) < 4.78 is 25.4. The summed E-state index contributed by atoms with van der Waals surface area (Å²) >= 11 is 0. The standard InChI is InChI=1S/C16H26N2O3S/c1-6-14(4)17-16(19)7-8-18(22(5,20)21)15-10-12(2)9-13(3)11-15/h9-11,14H,6-8H2,1-5H3,(H,17,19). The molecule has 0 aliphatic heterocycles. The van der Waals surface area contributed by atoms with Gasteiger partial charge < -0.3 is 5.32 Å². The van der Waals surface area contributed by atoms with Crippen LogP contribution >= 0.6 is 0 Å². The van der Waals surface area contributed by atoms with Gasteiger partial charge in [-0.3, -0.25) is 9.10 Å². The molecule has 5 nitrogen and oxygen atoms in total. The van der Waals surface area contributed by atoms with Gasteiger partial charge in [0.1, 0.15) is 0 Å². The Labute approximate surface area is 133 Å². The van der Waals surface area contributed by atoms with E-state index >= 15 is 0 Å². The van der Waals surface area contributed by atoms with Gasteiger partial charge in [0.05, 0.1) is 11.9 Å². The molecule has 124 valence electrons. The van der Waals surface area contributed by atoms with E-state index in [0.29, 0.717) is 5.69 Å². The highest BCUT2D eigenvalue weighted by atomic mass is 32.2. The molecule has 0 saturated carbocycles. The molecular formula is C16H26N2O3S. The van der Waals surface area contributed by atoms with Gasteiger partial charge in [-0.05, 0) is 50.5 Å². The molecule has 1 unspecified atom stereocenters. The fraction of sp³-hybridized carbons (Fsp3) is 0.562. The van der Waals surface area contributed by atoms with E-state index in [1.54, 1.807) is 0 Å². The quantitative estimate of drug-likeness (QED) is 0.836. The number of sulfonamides is 1. The summed E-state index contributed by atoms with van der Waals surface area (Å²) in [5.74, 6) is -0.132. The van der Waals surface area contributed by atoms with Crippen LogP contribution in [0.2, 0.25) is 0 Å². The van der Waals surface area contributed by atoms with Crippen LogP contribution in [0.5, 0.6) is 0 Å². The number of carbonyl (C=O) groups excluding carboxylic acids is 1. The first-order valence-electron chi connectivity index (χ1n) is 7.49. The molecule has 0 fully saturated rings. The van der Waals surface area contributed by atoms with Crippen molar-refractivity contribution < 1.29 is 13.2 Å². The van der Waals surface area contributed by atoms with Crippen molar-refractivity contribution in [1.29, 1.82) is 0 Å². The number of hydrogen-bond donors (Lipinski definition) is 1. The maximum absolute atomic E-state index is 12.0. The average Bonchev–Trinajstić information content (AvgIpc) is 2.35. The number of aryl methyl sites for hydroxylation is 2. The van der Waals surface area contributed by atoms with Crippen LogP contribution in [0, 0.1) is 13.8 Å². The molecule has 1 amide bonds. The van der Waals surface area contributed by atoms with Gasteiger partial charge >= 0.3 is 0 Å². The van der Waals surface area contributed by atoms with Crippen LogP contribution in [0.25, 0.3) is 0 Å². The maximum atomic E-state index is 12.0. The Kier molecular flexibility index (Phi) is 6.41. The summed E-state index contributed by atoms with van der Waals surface area (Å²) in [7, 11) is -3.43. The second kappa shape index (κ2) is 7.63. The molecule has 0 aromatic heterocycles. The van der Waals surface area contributed by atoms with Gasteiger partial charge in [0.15, 0.2) is 0 Å². The van der Waals surface area contributed by atoms with Gasteiger partial charge in [-0.1, -0.05) is 13.0 Å². The zero-order valence-electron chi connectivity index (χ0n) is 14.0. The van der Waals surface area contributed by atoms with E-state index in [-0.39, 0.29) is 24.9 Å². The van der Waals surface area contributed by atoms with Crippen LogP contribution in [0.4, 0.5) is 5.69 Å². The molecule has 1 aromatic carbocycles. The maximum Gasteiger partial charge on any atom is 0.232 e. The Morgan fingerprint density at radius 2 is 1.77 bits per heavy atom. The van der Waals surface area contributed by atoms with Crippen LogP contribution in [0.3, 0.4) is 0 Å². The van der Waals surface area contributed by atoms with E-state index in [2.05, 4.69) is 5.32 Å². The highest BCUT2D eigenvalue weighted by molar-refractivity contribution is 7.92. The Hall–Kier alpha value is -1.56. The molecular weight excluding hydrogens is 300 g/mol. The Morgan fingerprint density at radius 3 is 2.23 bits per heavy atom. The lowest BCUT2D eigenvalue weighted by molar-refractivity contribution is -0.121. The fourth-order valence-electron chi connectivity index (χ4n) is 2.23. The van der Waals surface area contributed by atoms with E-state index in [4.69, 9.17) is 0 Å². The normalized spacial score (nSPS) is 12.8. The lowest BCUT2D eigenvalue weighted by atomic mass is 10.1. The molecule has 0 heterocycles. The molecule has 0 saturated heterocycles. The molecule has 6 heteroatoms. The van der Waals surface area contributed by atoms with Crippen molar-refractivity contribution in [3.05, 3.63) is 29.3 Å². The number of amides is 1. The summed E-state index contributed by atoms with van der Waals surface area (Å²) in [6.07, 6.45) is 2.15. The van der Waals surface area contributed by atoms with Crippen molar-refractivity contribution in [2.24, 2.45) is 0 Å². The predicted octanol–water partition coefficient (Wildman–Crippen LogP) is 2.37. The minimum atomic E-state index is -3.43. The van der Waals surface area contributed by atoms with E-state index in [1.807, 2.05) is 45.9 Å². The molecule has 1 N–H and O–H groups in total. The molecule has 1 rings (SSSR count). The van der Waals surface area contributed by atoms with Crippen molar-refractivity contribution in [3.8, 4) is 0 Å². The minimum Gasteiger partial charge on any atom is -0.354 e. The van der Waals surface area contributed by atoms with E-state index < -0.39 is 10.0 Å². The number of rotatable bonds is 7. The second-order valence-corrected chi connectivity index (χ2v) is 7.71. The first kappa shape index (κ1) is 18.5. The van der Waals surface area contributed by atoms with E-state index in [9.17, 15) is 13.2 Å². The first-order valence-corrected chi connectivity index (χ1v) is 9.33. The largest absolute Gasteiger partial charge is 0.354 e. The number of carbonyl (C=O) groups is 1. The van der Waals surface area contributed by atoms with Gasteiger partial charge in [-0.25, -0.2) is 8.42 Å². The molecule has 22 heavy (non-hydrogen) atoms. The van der Waals surface area contributed by atoms with Gasteiger partial charge in [0.2, 0.25) is 15.9 Å². The van der Waals surface area contributed by atoms with Crippen molar-refractivity contribution in [2.45, 2.75) is 46.6 Å². The second-order valence-electron chi connectivity index (χ2n) is 5.81. The molecule has 1 aromatic rings. The van der Waals surface area contributed by atoms with Gasteiger partial charge in [-0.2, -0.15) is 0 Å². The SMILES string of the molecule is CCC(C)NC(=O)CCN(c1cc(C)cc(C)c1)S(C)(=O)=O. The van der Waals surface area contributed by atoms with Gasteiger partial charge in [0.25, 0.3) is 0 Å². The van der Waals surface area contributed by atoms with Crippen LogP contribution in [0.1, 0.15) is 37.8 Å². The third-order valence-corrected chi connectivity index (χ3v) is 4.65. The minimum absolute atomic E-state index is 0.0976. The topological polar surface area (TPSA) is 66.5 Å². The highest BCUT2D eigenvalue weighted by Crippen LogP contribution is 2.21. The van der Waals surface area contributed by atoms with Gasteiger partial charge in [0, 0.05) is 19.0 Å². The molecule has 1 atom stereocenters. The zero-order chi connectivity index (χ0) is 16.9. The van der Waals surface area contributed by atoms with Crippen LogP contribution < -0.4 is 9.62 Å². The van der Waals surface area contributed by atoms with Crippen molar-refractivity contribution in [2.75, 3.05) is 17.1 Å². The lowest BCUT2D eigenvalue weighted by Gasteiger charge is -2.23. The van der Waals surface area contributed by atoms with Crippen molar-refractivity contribution >= 4 is 21.6 Å². The zero-order valence-corrected chi connectivity index (χ0v) is 14.8. The Bertz CT molecular complexity index is 606. The monoisotopic (exact) mass is 326 g/mol. The first-order chi connectivity index (χ1) is 10.1. The van der Waals surface area contributed by atoms with Crippen LogP contribution in [0.15, 0.2) is 18.2 Å². The summed E-state index contributed by atoms with van der Waals surface area (Å²) in [4.78, 5) is 11.9. The number of anilines is 1. The number of benzene rings is 1. The predicted molar refractivity (Wildman–Crippen MR) is 90.6 cm³/mol. The number of hydrogen-bond acceptors (Lipinski definition) is 3. The summed E-state index contributed by atoms with van der Waals surface area (Å²) in [6.45, 7) is 7.91. The average molecular weight is 326 g/mol. The fourth-order valence-corrected chi connectivity index (χ4v) is 3.14. The smallest absolute Gasteiger partial charge is 0.232 e. The molecule has 0 radical (unpaired) electrons. The van der Waals surface area contributed by atoms with Crippen molar-refractivity contribution in [3.63, 3.8) is 0 Å².